The maximum absolute atomic E-state index is 11.3. The smallest absolute Gasteiger partial charge is 0.258 e. The lowest BCUT2D eigenvalue weighted by atomic mass is 10.1. The lowest BCUT2D eigenvalue weighted by Crippen LogP contribution is -2.29. The molecule has 0 aliphatic carbocycles. The van der Waals surface area contributed by atoms with Crippen molar-refractivity contribution in [3.8, 4) is 11.8 Å². The molecule has 1 aromatic carbocycles. The highest BCUT2D eigenvalue weighted by Gasteiger charge is 2.07. The second kappa shape index (κ2) is 7.69. The number of nitriles is 1. The van der Waals surface area contributed by atoms with Crippen LogP contribution < -0.4 is 15.8 Å². The van der Waals surface area contributed by atoms with E-state index < -0.39 is 0 Å². The zero-order valence-corrected chi connectivity index (χ0v) is 11.4. The molecule has 6 heteroatoms. The van der Waals surface area contributed by atoms with Crippen molar-refractivity contribution in [3.05, 3.63) is 28.2 Å². The molecule has 0 aromatic heterocycles. The molecule has 5 nitrogen and oxygen atoms in total. The molecule has 0 bridgehead atoms. The molecular formula is C12H14BrN3O2. The number of ether oxygens (including phenoxy) is 1. The van der Waals surface area contributed by atoms with Crippen LogP contribution in [0.3, 0.4) is 0 Å². The summed E-state index contributed by atoms with van der Waals surface area (Å²) >= 11 is 3.37. The van der Waals surface area contributed by atoms with E-state index in [1.54, 1.807) is 6.07 Å². The topological polar surface area (TPSA) is 88.1 Å². The SMILES string of the molecule is N#CCNC(=O)COc1ccc(Br)cc1CCN. The van der Waals surface area contributed by atoms with Crippen LogP contribution in [0, 0.1) is 11.3 Å². The summed E-state index contributed by atoms with van der Waals surface area (Å²) in [7, 11) is 0. The van der Waals surface area contributed by atoms with Gasteiger partial charge < -0.3 is 15.8 Å². The number of halogens is 1. The minimum Gasteiger partial charge on any atom is -0.483 e. The quantitative estimate of drug-likeness (QED) is 0.766. The lowest BCUT2D eigenvalue weighted by molar-refractivity contribution is -0.122. The first kappa shape index (κ1) is 14.5. The van der Waals surface area contributed by atoms with Crippen LogP contribution in [0.5, 0.6) is 5.75 Å². The molecule has 3 N–H and O–H groups in total. The Morgan fingerprint density at radius 3 is 3.00 bits per heavy atom. The first-order valence-electron chi connectivity index (χ1n) is 5.42. The van der Waals surface area contributed by atoms with E-state index in [4.69, 9.17) is 15.7 Å². The minimum atomic E-state index is -0.321. The number of amides is 1. The summed E-state index contributed by atoms with van der Waals surface area (Å²) in [4.78, 5) is 11.3. The van der Waals surface area contributed by atoms with Gasteiger partial charge in [-0.25, -0.2) is 0 Å². The molecule has 0 atom stereocenters. The van der Waals surface area contributed by atoms with Gasteiger partial charge in [-0.15, -0.1) is 0 Å². The Kier molecular flexibility index (Phi) is 6.19. The van der Waals surface area contributed by atoms with Crippen LogP contribution in [-0.4, -0.2) is 25.6 Å². The van der Waals surface area contributed by atoms with Crippen LogP contribution in [0.1, 0.15) is 5.56 Å². The molecule has 0 aliphatic heterocycles. The van der Waals surface area contributed by atoms with E-state index >= 15 is 0 Å². The van der Waals surface area contributed by atoms with Gasteiger partial charge in [-0.2, -0.15) is 5.26 Å². The van der Waals surface area contributed by atoms with Gasteiger partial charge in [0.1, 0.15) is 12.3 Å². The molecule has 1 amide bonds. The van der Waals surface area contributed by atoms with Gasteiger partial charge in [0.25, 0.3) is 5.91 Å². The van der Waals surface area contributed by atoms with Crippen LogP contribution in [0.4, 0.5) is 0 Å². The summed E-state index contributed by atoms with van der Waals surface area (Å²) in [6.07, 6.45) is 0.675. The summed E-state index contributed by atoms with van der Waals surface area (Å²) in [5.41, 5.74) is 6.46. The molecule has 96 valence electrons. The third kappa shape index (κ3) is 4.73. The van der Waals surface area contributed by atoms with Gasteiger partial charge in [0.2, 0.25) is 0 Å². The Hall–Kier alpha value is -1.58. The lowest BCUT2D eigenvalue weighted by Gasteiger charge is -2.11. The van der Waals surface area contributed by atoms with Crippen molar-refractivity contribution in [1.82, 2.24) is 5.32 Å². The van der Waals surface area contributed by atoms with Gasteiger partial charge in [-0.1, -0.05) is 15.9 Å². The standard InChI is InChI=1S/C12H14BrN3O2/c13-10-1-2-11(9(7-10)3-4-14)18-8-12(17)16-6-5-15/h1-2,7H,3-4,6,8,14H2,(H,16,17). The van der Waals surface area contributed by atoms with Gasteiger partial charge in [-0.05, 0) is 36.7 Å². The predicted molar refractivity (Wildman–Crippen MR) is 71.0 cm³/mol. The molecule has 0 heterocycles. The number of nitrogens with one attached hydrogen (secondary N) is 1. The maximum Gasteiger partial charge on any atom is 0.258 e. The maximum atomic E-state index is 11.3. The number of carbonyl (C=O) groups excluding carboxylic acids is 1. The van der Waals surface area contributed by atoms with E-state index in [0.717, 1.165) is 10.0 Å². The van der Waals surface area contributed by atoms with Crippen LogP contribution in [-0.2, 0) is 11.2 Å². The number of nitrogens with two attached hydrogens (primary N) is 1. The van der Waals surface area contributed by atoms with Crippen molar-refractivity contribution >= 4 is 21.8 Å². The number of rotatable bonds is 6. The Balaban J connectivity index is 2.61. The van der Waals surface area contributed by atoms with Crippen molar-refractivity contribution in [1.29, 1.82) is 5.26 Å². The average molecular weight is 312 g/mol. The summed E-state index contributed by atoms with van der Waals surface area (Å²) < 4.78 is 6.34. The zero-order chi connectivity index (χ0) is 13.4. The van der Waals surface area contributed by atoms with Gasteiger partial charge in [0.05, 0.1) is 6.07 Å². The molecule has 18 heavy (non-hydrogen) atoms. The first-order valence-corrected chi connectivity index (χ1v) is 6.21. The van der Waals surface area contributed by atoms with Crippen LogP contribution in [0.25, 0.3) is 0 Å². The predicted octanol–water partition coefficient (Wildman–Crippen LogP) is 0.969. The van der Waals surface area contributed by atoms with Crippen LogP contribution >= 0.6 is 15.9 Å². The summed E-state index contributed by atoms with van der Waals surface area (Å²) in [5, 5.41) is 10.7. The highest BCUT2D eigenvalue weighted by molar-refractivity contribution is 9.10. The molecule has 1 aromatic rings. The molecule has 0 aliphatic rings. The first-order chi connectivity index (χ1) is 8.67. The Morgan fingerprint density at radius 1 is 1.56 bits per heavy atom. The molecule has 0 radical (unpaired) electrons. The molecule has 0 unspecified atom stereocenters. The van der Waals surface area contributed by atoms with Crippen molar-refractivity contribution in [2.24, 2.45) is 5.73 Å². The van der Waals surface area contributed by atoms with Crippen molar-refractivity contribution in [3.63, 3.8) is 0 Å². The van der Waals surface area contributed by atoms with Gasteiger partial charge in [0.15, 0.2) is 6.61 Å². The Morgan fingerprint density at radius 2 is 2.33 bits per heavy atom. The monoisotopic (exact) mass is 311 g/mol. The van der Waals surface area contributed by atoms with Crippen molar-refractivity contribution in [2.45, 2.75) is 6.42 Å². The van der Waals surface area contributed by atoms with Gasteiger partial charge in [-0.3, -0.25) is 4.79 Å². The van der Waals surface area contributed by atoms with Gasteiger partial charge in [0, 0.05) is 4.47 Å². The normalized spacial score (nSPS) is 9.61. The highest BCUT2D eigenvalue weighted by atomic mass is 79.9. The number of carbonyl (C=O) groups is 1. The minimum absolute atomic E-state index is 0.0157. The number of hydrogen-bond acceptors (Lipinski definition) is 4. The number of benzene rings is 1. The van der Waals surface area contributed by atoms with Crippen LogP contribution in [0.15, 0.2) is 22.7 Å². The Labute approximate surface area is 114 Å². The highest BCUT2D eigenvalue weighted by Crippen LogP contribution is 2.23. The number of hydrogen-bond donors (Lipinski definition) is 2. The molecule has 0 saturated heterocycles. The van der Waals surface area contributed by atoms with E-state index in [2.05, 4.69) is 21.2 Å². The van der Waals surface area contributed by atoms with Crippen LogP contribution in [0.2, 0.25) is 0 Å². The largest absolute Gasteiger partial charge is 0.483 e. The number of nitrogens with zero attached hydrogens (tertiary/aromatic N) is 1. The van der Waals surface area contributed by atoms with E-state index in [9.17, 15) is 4.79 Å². The third-order valence-electron chi connectivity index (χ3n) is 2.16. The fourth-order valence-corrected chi connectivity index (χ4v) is 1.78. The fraction of sp³-hybridized carbons (Fsp3) is 0.333. The summed E-state index contributed by atoms with van der Waals surface area (Å²) in [6.45, 7) is 0.381. The average Bonchev–Trinajstić information content (AvgIpc) is 2.36. The van der Waals surface area contributed by atoms with Crippen molar-refractivity contribution < 1.29 is 9.53 Å². The van der Waals surface area contributed by atoms with Crippen molar-refractivity contribution in [2.75, 3.05) is 19.7 Å². The molecule has 0 saturated carbocycles. The van der Waals surface area contributed by atoms with E-state index in [1.807, 2.05) is 18.2 Å². The molecule has 0 fully saturated rings. The van der Waals surface area contributed by atoms with Gasteiger partial charge >= 0.3 is 0 Å². The fourth-order valence-electron chi connectivity index (χ4n) is 1.37. The molecular weight excluding hydrogens is 298 g/mol. The van der Waals surface area contributed by atoms with E-state index in [-0.39, 0.29) is 19.1 Å². The summed E-state index contributed by atoms with van der Waals surface area (Å²) in [6, 6.07) is 7.36. The Bertz CT molecular complexity index is 457. The van der Waals surface area contributed by atoms with E-state index in [1.165, 1.54) is 0 Å². The van der Waals surface area contributed by atoms with E-state index in [0.29, 0.717) is 18.7 Å². The summed E-state index contributed by atoms with van der Waals surface area (Å²) in [5.74, 6) is 0.314. The molecule has 0 spiro atoms. The second-order valence-corrected chi connectivity index (χ2v) is 4.43. The molecule has 1 rings (SSSR count). The third-order valence-corrected chi connectivity index (χ3v) is 2.65. The zero-order valence-electron chi connectivity index (χ0n) is 9.78. The second-order valence-electron chi connectivity index (χ2n) is 3.51.